The van der Waals surface area contributed by atoms with Crippen molar-refractivity contribution < 1.29 is 9.32 Å². The number of H-pyrrole nitrogens is 1. The van der Waals surface area contributed by atoms with Crippen LogP contribution in [0.5, 0.6) is 0 Å². The Kier molecular flexibility index (Phi) is 5.24. The van der Waals surface area contributed by atoms with E-state index in [1.807, 2.05) is 13.8 Å². The van der Waals surface area contributed by atoms with Gasteiger partial charge in [-0.1, -0.05) is 12.1 Å². The third-order valence-electron chi connectivity index (χ3n) is 4.38. The molecule has 2 N–H and O–H groups in total. The minimum Gasteiger partial charge on any atom is -0.350 e. The van der Waals surface area contributed by atoms with Crippen LogP contribution in [0, 0.1) is 12.8 Å². The summed E-state index contributed by atoms with van der Waals surface area (Å²) in [6.07, 6.45) is 4.53. The van der Waals surface area contributed by atoms with Gasteiger partial charge in [-0.15, -0.1) is 0 Å². The molecular formula is C16H24N6O2. The Bertz CT molecular complexity index is 680. The second kappa shape index (κ2) is 7.57. The van der Waals surface area contributed by atoms with Crippen molar-refractivity contribution in [1.82, 2.24) is 30.3 Å². The van der Waals surface area contributed by atoms with Crippen LogP contribution in [0.2, 0.25) is 0 Å². The van der Waals surface area contributed by atoms with E-state index in [2.05, 4.69) is 30.3 Å². The van der Waals surface area contributed by atoms with Gasteiger partial charge in [-0.3, -0.25) is 9.69 Å². The number of aryl methyl sites for hydroxylation is 2. The molecule has 130 valence electrons. The molecule has 1 aliphatic rings. The second-order valence-corrected chi connectivity index (χ2v) is 6.29. The highest BCUT2D eigenvalue weighted by atomic mass is 16.5. The minimum absolute atomic E-state index is 0.114. The highest BCUT2D eigenvalue weighted by Crippen LogP contribution is 2.17. The number of piperidine rings is 1. The summed E-state index contributed by atoms with van der Waals surface area (Å²) >= 11 is 0. The van der Waals surface area contributed by atoms with Gasteiger partial charge in [0, 0.05) is 25.2 Å². The van der Waals surface area contributed by atoms with Crippen molar-refractivity contribution in [3.05, 3.63) is 29.4 Å². The molecule has 1 amide bonds. The molecule has 8 nitrogen and oxygen atoms in total. The number of carbonyl (C=O) groups excluding carboxylic acids is 1. The Morgan fingerprint density at radius 2 is 2.42 bits per heavy atom. The van der Waals surface area contributed by atoms with E-state index in [9.17, 15) is 4.79 Å². The van der Waals surface area contributed by atoms with Gasteiger partial charge >= 0.3 is 0 Å². The number of amides is 1. The molecule has 0 bridgehead atoms. The zero-order valence-corrected chi connectivity index (χ0v) is 14.2. The Balaban J connectivity index is 1.48. The van der Waals surface area contributed by atoms with Crippen LogP contribution < -0.4 is 5.32 Å². The molecule has 24 heavy (non-hydrogen) atoms. The van der Waals surface area contributed by atoms with E-state index >= 15 is 0 Å². The fourth-order valence-corrected chi connectivity index (χ4v) is 3.07. The smallest absolute Gasteiger partial charge is 0.271 e. The fraction of sp³-hybridized carbons (Fsp3) is 0.625. The molecule has 1 aliphatic heterocycles. The average molecular weight is 332 g/mol. The Morgan fingerprint density at radius 1 is 1.54 bits per heavy atom. The average Bonchev–Trinajstić information content (AvgIpc) is 3.22. The number of aromatic amines is 1. The molecule has 1 fully saturated rings. The number of imidazole rings is 1. The fourth-order valence-electron chi connectivity index (χ4n) is 3.07. The molecule has 1 saturated heterocycles. The third kappa shape index (κ3) is 4.00. The summed E-state index contributed by atoms with van der Waals surface area (Å²) in [5.41, 5.74) is 1.27. The molecule has 0 radical (unpaired) electrons. The molecule has 2 aromatic heterocycles. The molecular weight excluding hydrogens is 308 g/mol. The van der Waals surface area contributed by atoms with Gasteiger partial charge in [0.25, 0.3) is 5.91 Å². The van der Waals surface area contributed by atoms with Crippen molar-refractivity contribution in [1.29, 1.82) is 0 Å². The van der Waals surface area contributed by atoms with Gasteiger partial charge in [-0.2, -0.15) is 4.98 Å². The van der Waals surface area contributed by atoms with Crippen molar-refractivity contribution in [2.75, 3.05) is 19.6 Å². The topological polar surface area (TPSA) is 99.9 Å². The van der Waals surface area contributed by atoms with Crippen LogP contribution in [0.25, 0.3) is 0 Å². The van der Waals surface area contributed by atoms with Gasteiger partial charge in [0.2, 0.25) is 5.89 Å². The lowest BCUT2D eigenvalue weighted by molar-refractivity contribution is 0.0924. The lowest BCUT2D eigenvalue weighted by Crippen LogP contribution is -2.40. The quantitative estimate of drug-likeness (QED) is 0.827. The SMILES string of the molecule is CCc1nc(CN2CCCC(CNC(=O)c3nc[nH]c3C)C2)no1. The zero-order chi connectivity index (χ0) is 16.9. The Labute approximate surface area is 141 Å². The van der Waals surface area contributed by atoms with Gasteiger partial charge in [-0.05, 0) is 32.2 Å². The molecule has 1 atom stereocenters. The molecule has 8 heteroatoms. The summed E-state index contributed by atoms with van der Waals surface area (Å²) in [6.45, 7) is 7.16. The molecule has 0 aromatic carbocycles. The number of aromatic nitrogens is 4. The van der Waals surface area contributed by atoms with Gasteiger partial charge < -0.3 is 14.8 Å². The number of carbonyl (C=O) groups is 1. The highest BCUT2D eigenvalue weighted by molar-refractivity contribution is 5.93. The maximum absolute atomic E-state index is 12.1. The first-order chi connectivity index (χ1) is 11.7. The van der Waals surface area contributed by atoms with Crippen LogP contribution in [0.15, 0.2) is 10.9 Å². The highest BCUT2D eigenvalue weighted by Gasteiger charge is 2.22. The van der Waals surface area contributed by atoms with E-state index < -0.39 is 0 Å². The predicted molar refractivity (Wildman–Crippen MR) is 87.3 cm³/mol. The first kappa shape index (κ1) is 16.6. The van der Waals surface area contributed by atoms with E-state index in [0.29, 0.717) is 30.6 Å². The van der Waals surface area contributed by atoms with Crippen molar-refractivity contribution >= 4 is 5.91 Å². The van der Waals surface area contributed by atoms with Gasteiger partial charge in [0.15, 0.2) is 5.82 Å². The van der Waals surface area contributed by atoms with Crippen LogP contribution in [-0.2, 0) is 13.0 Å². The maximum Gasteiger partial charge on any atom is 0.271 e. The number of nitrogens with one attached hydrogen (secondary N) is 2. The lowest BCUT2D eigenvalue weighted by Gasteiger charge is -2.31. The monoisotopic (exact) mass is 332 g/mol. The summed E-state index contributed by atoms with van der Waals surface area (Å²) in [7, 11) is 0. The van der Waals surface area contributed by atoms with Crippen LogP contribution in [0.1, 0.15) is 47.7 Å². The Morgan fingerprint density at radius 3 is 3.12 bits per heavy atom. The number of rotatable bonds is 6. The molecule has 2 aromatic rings. The standard InChI is InChI=1S/C16H24N6O2/c1-3-14-20-13(21-24-14)9-22-6-4-5-12(8-22)7-17-16(23)15-11(2)18-10-19-15/h10,12H,3-9H2,1-2H3,(H,17,23)(H,18,19). The molecule has 0 spiro atoms. The summed E-state index contributed by atoms with van der Waals surface area (Å²) in [6, 6.07) is 0. The van der Waals surface area contributed by atoms with Crippen LogP contribution in [-0.4, -0.2) is 50.5 Å². The van der Waals surface area contributed by atoms with Crippen LogP contribution in [0.4, 0.5) is 0 Å². The van der Waals surface area contributed by atoms with E-state index in [1.165, 1.54) is 0 Å². The normalized spacial score (nSPS) is 18.7. The first-order valence-corrected chi connectivity index (χ1v) is 8.47. The van der Waals surface area contributed by atoms with Crippen LogP contribution >= 0.6 is 0 Å². The van der Waals surface area contributed by atoms with Gasteiger partial charge in [0.05, 0.1) is 12.9 Å². The summed E-state index contributed by atoms with van der Waals surface area (Å²) < 4.78 is 5.16. The van der Waals surface area contributed by atoms with Crippen molar-refractivity contribution in [3.63, 3.8) is 0 Å². The molecule has 3 heterocycles. The molecule has 3 rings (SSSR count). The minimum atomic E-state index is -0.114. The maximum atomic E-state index is 12.1. The van der Waals surface area contributed by atoms with Crippen LogP contribution in [0.3, 0.4) is 0 Å². The van der Waals surface area contributed by atoms with Gasteiger partial charge in [0.1, 0.15) is 5.69 Å². The Hall–Kier alpha value is -2.22. The summed E-state index contributed by atoms with van der Waals surface area (Å²) in [4.78, 5) is 25.8. The number of hydrogen-bond donors (Lipinski definition) is 2. The summed E-state index contributed by atoms with van der Waals surface area (Å²) in [5.74, 6) is 1.74. The molecule has 0 saturated carbocycles. The third-order valence-corrected chi connectivity index (χ3v) is 4.38. The zero-order valence-electron chi connectivity index (χ0n) is 14.2. The predicted octanol–water partition coefficient (Wildman–Crippen LogP) is 1.31. The van der Waals surface area contributed by atoms with Crippen molar-refractivity contribution in [2.24, 2.45) is 5.92 Å². The number of likely N-dealkylation sites (tertiary alicyclic amines) is 1. The first-order valence-electron chi connectivity index (χ1n) is 8.47. The molecule has 1 unspecified atom stereocenters. The van der Waals surface area contributed by atoms with E-state index in [-0.39, 0.29) is 5.91 Å². The van der Waals surface area contributed by atoms with Gasteiger partial charge in [-0.25, -0.2) is 4.98 Å². The number of nitrogens with zero attached hydrogens (tertiary/aromatic N) is 4. The lowest BCUT2D eigenvalue weighted by atomic mass is 9.98. The van der Waals surface area contributed by atoms with Crippen molar-refractivity contribution in [3.8, 4) is 0 Å². The van der Waals surface area contributed by atoms with E-state index in [1.54, 1.807) is 6.33 Å². The summed E-state index contributed by atoms with van der Waals surface area (Å²) in [5, 5.41) is 7.01. The number of hydrogen-bond acceptors (Lipinski definition) is 6. The van der Waals surface area contributed by atoms with E-state index in [0.717, 1.165) is 43.9 Å². The second-order valence-electron chi connectivity index (χ2n) is 6.29. The largest absolute Gasteiger partial charge is 0.350 e. The van der Waals surface area contributed by atoms with E-state index in [4.69, 9.17) is 4.52 Å². The van der Waals surface area contributed by atoms with Crippen molar-refractivity contribution in [2.45, 2.75) is 39.7 Å². The molecule has 0 aliphatic carbocycles.